The van der Waals surface area contributed by atoms with Crippen LogP contribution in [0.15, 0.2) is 48.5 Å². The molecule has 0 aliphatic rings. The van der Waals surface area contributed by atoms with E-state index in [1.807, 2.05) is 18.7 Å². The molecule has 0 radical (unpaired) electrons. The molecule has 7 nitrogen and oxygen atoms in total. The van der Waals surface area contributed by atoms with Crippen LogP contribution in [-0.4, -0.2) is 42.1 Å². The fraction of sp³-hybridized carbons (Fsp3) is 0.318. The lowest BCUT2D eigenvalue weighted by atomic mass is 10.2. The summed E-state index contributed by atoms with van der Waals surface area (Å²) in [6, 6.07) is 12.6. The molecule has 0 aromatic heterocycles. The smallest absolute Gasteiger partial charge is 0.347 e. The number of ether oxygens (including phenoxy) is 3. The maximum atomic E-state index is 12.6. The Bertz CT molecular complexity index is 875. The first kappa shape index (κ1) is 22.1. The van der Waals surface area contributed by atoms with Crippen LogP contribution < -0.4 is 9.47 Å². The topological polar surface area (TPSA) is 82.1 Å². The summed E-state index contributed by atoms with van der Waals surface area (Å²) in [6.45, 7) is 8.44. The Balaban J connectivity index is 2.22. The lowest BCUT2D eigenvalue weighted by Gasteiger charge is -2.26. The van der Waals surface area contributed by atoms with E-state index in [0.29, 0.717) is 0 Å². The number of esters is 3. The first-order valence-corrected chi connectivity index (χ1v) is 9.41. The summed E-state index contributed by atoms with van der Waals surface area (Å²) < 4.78 is 16.0. The molecule has 0 spiro atoms. The average molecular weight is 399 g/mol. The molecule has 1 atom stereocenters. The van der Waals surface area contributed by atoms with Crippen LogP contribution in [0.5, 0.6) is 11.5 Å². The lowest BCUT2D eigenvalue weighted by Crippen LogP contribution is -2.36. The third-order valence-corrected chi connectivity index (χ3v) is 4.27. The predicted octanol–water partition coefficient (Wildman–Crippen LogP) is 3.68. The minimum absolute atomic E-state index is 0.0619. The number of rotatable bonds is 8. The highest BCUT2D eigenvalue weighted by Crippen LogP contribution is 2.24. The predicted molar refractivity (Wildman–Crippen MR) is 107 cm³/mol. The second-order valence-electron chi connectivity index (χ2n) is 6.20. The number of para-hydroxylation sites is 2. The number of hydrogen-bond acceptors (Lipinski definition) is 7. The number of hydrogen-bond donors (Lipinski definition) is 0. The summed E-state index contributed by atoms with van der Waals surface area (Å²) in [4.78, 5) is 38.5. The molecule has 0 aliphatic carbocycles. The highest BCUT2D eigenvalue weighted by molar-refractivity contribution is 5.98. The van der Waals surface area contributed by atoms with Crippen LogP contribution >= 0.6 is 0 Å². The van der Waals surface area contributed by atoms with Gasteiger partial charge in [0.2, 0.25) is 0 Å². The Hall–Kier alpha value is -3.19. The van der Waals surface area contributed by atoms with E-state index >= 15 is 0 Å². The molecule has 0 saturated heterocycles. The molecule has 0 aliphatic heterocycles. The van der Waals surface area contributed by atoms with Crippen LogP contribution in [0.4, 0.5) is 0 Å². The van der Waals surface area contributed by atoms with Gasteiger partial charge in [-0.2, -0.15) is 0 Å². The van der Waals surface area contributed by atoms with Crippen molar-refractivity contribution in [3.05, 3.63) is 59.7 Å². The van der Waals surface area contributed by atoms with Crippen molar-refractivity contribution in [2.45, 2.75) is 33.9 Å². The summed E-state index contributed by atoms with van der Waals surface area (Å²) in [7, 11) is 0. The molecule has 0 bridgehead atoms. The van der Waals surface area contributed by atoms with E-state index in [9.17, 15) is 14.4 Å². The molecule has 2 aromatic rings. The van der Waals surface area contributed by atoms with Gasteiger partial charge in [0.15, 0.2) is 6.23 Å². The van der Waals surface area contributed by atoms with Gasteiger partial charge >= 0.3 is 17.9 Å². The zero-order chi connectivity index (χ0) is 21.4. The summed E-state index contributed by atoms with van der Waals surface area (Å²) in [5.41, 5.74) is 0.201. The first-order chi connectivity index (χ1) is 13.9. The zero-order valence-corrected chi connectivity index (χ0v) is 17.0. The fourth-order valence-corrected chi connectivity index (χ4v) is 2.79. The minimum atomic E-state index is -0.751. The molecule has 0 N–H and O–H groups in total. The number of benzene rings is 2. The van der Waals surface area contributed by atoms with Gasteiger partial charge < -0.3 is 14.2 Å². The minimum Gasteiger partial charge on any atom is -0.443 e. The summed E-state index contributed by atoms with van der Waals surface area (Å²) in [5, 5.41) is 0. The van der Waals surface area contributed by atoms with Crippen LogP contribution in [-0.2, 0) is 9.53 Å². The van der Waals surface area contributed by atoms with Crippen molar-refractivity contribution in [2.75, 3.05) is 13.1 Å². The summed E-state index contributed by atoms with van der Waals surface area (Å²) in [5.74, 6) is -1.76. The van der Waals surface area contributed by atoms with Crippen molar-refractivity contribution in [3.63, 3.8) is 0 Å². The highest BCUT2D eigenvalue weighted by Gasteiger charge is 2.22. The molecule has 7 heteroatoms. The highest BCUT2D eigenvalue weighted by atomic mass is 16.6. The Labute approximate surface area is 170 Å². The molecule has 0 saturated carbocycles. The van der Waals surface area contributed by atoms with Gasteiger partial charge in [-0.3, -0.25) is 9.69 Å². The van der Waals surface area contributed by atoms with Crippen LogP contribution in [0.3, 0.4) is 0 Å². The van der Waals surface area contributed by atoms with Crippen molar-refractivity contribution in [1.29, 1.82) is 0 Å². The maximum absolute atomic E-state index is 12.6. The van der Waals surface area contributed by atoms with E-state index in [-0.39, 0.29) is 22.6 Å². The number of nitrogens with zero attached hydrogens (tertiary/aromatic N) is 1. The number of carbonyl (C=O) groups is 3. The largest absolute Gasteiger partial charge is 0.443 e. The molecule has 1 unspecified atom stereocenters. The van der Waals surface area contributed by atoms with E-state index < -0.39 is 24.1 Å². The van der Waals surface area contributed by atoms with Gasteiger partial charge in [-0.1, -0.05) is 38.1 Å². The molecular formula is C22H25NO6. The fourth-order valence-electron chi connectivity index (χ4n) is 2.79. The van der Waals surface area contributed by atoms with Crippen LogP contribution in [0.2, 0.25) is 0 Å². The van der Waals surface area contributed by atoms with Gasteiger partial charge in [-0.15, -0.1) is 0 Å². The Morgan fingerprint density at radius 1 is 0.828 bits per heavy atom. The lowest BCUT2D eigenvalue weighted by molar-refractivity contribution is -0.131. The Morgan fingerprint density at radius 2 is 1.31 bits per heavy atom. The van der Waals surface area contributed by atoms with Gasteiger partial charge in [0.05, 0.1) is 0 Å². The normalized spacial score (nSPS) is 11.6. The Morgan fingerprint density at radius 3 is 1.83 bits per heavy atom. The van der Waals surface area contributed by atoms with E-state index in [1.54, 1.807) is 31.2 Å². The second-order valence-corrected chi connectivity index (χ2v) is 6.20. The van der Waals surface area contributed by atoms with Crippen LogP contribution in [0, 0.1) is 0 Å². The van der Waals surface area contributed by atoms with Gasteiger partial charge in [0.25, 0.3) is 0 Å². The monoisotopic (exact) mass is 399 g/mol. The molecular weight excluding hydrogens is 374 g/mol. The van der Waals surface area contributed by atoms with Crippen molar-refractivity contribution >= 4 is 17.9 Å². The van der Waals surface area contributed by atoms with E-state index in [0.717, 1.165) is 13.1 Å². The summed E-state index contributed by atoms with van der Waals surface area (Å²) in [6.07, 6.45) is -0.425. The third-order valence-electron chi connectivity index (χ3n) is 4.27. The summed E-state index contributed by atoms with van der Waals surface area (Å²) >= 11 is 0. The molecule has 2 rings (SSSR count). The average Bonchev–Trinajstić information content (AvgIpc) is 2.69. The molecule has 0 amide bonds. The third kappa shape index (κ3) is 5.89. The van der Waals surface area contributed by atoms with Crippen molar-refractivity contribution in [3.8, 4) is 11.5 Å². The van der Waals surface area contributed by atoms with Crippen LogP contribution in [0.25, 0.3) is 0 Å². The Kier molecular flexibility index (Phi) is 7.91. The quantitative estimate of drug-likeness (QED) is 0.380. The zero-order valence-electron chi connectivity index (χ0n) is 17.0. The van der Waals surface area contributed by atoms with Gasteiger partial charge in [-0.25, -0.2) is 9.59 Å². The van der Waals surface area contributed by atoms with Gasteiger partial charge in [-0.05, 0) is 44.3 Å². The molecule has 2 aromatic carbocycles. The van der Waals surface area contributed by atoms with Gasteiger partial charge in [0, 0.05) is 6.92 Å². The van der Waals surface area contributed by atoms with Crippen molar-refractivity contribution in [2.24, 2.45) is 0 Å². The van der Waals surface area contributed by atoms with E-state index in [1.165, 1.54) is 31.2 Å². The van der Waals surface area contributed by atoms with Crippen molar-refractivity contribution < 1.29 is 28.6 Å². The SMILES string of the molecule is CCN(CC)C(C)OC(=O)c1ccccc1OC(=O)c1ccccc1OC(C)=O. The number of carbonyl (C=O) groups excluding carboxylic acids is 3. The molecule has 0 heterocycles. The van der Waals surface area contributed by atoms with Gasteiger partial charge in [0.1, 0.15) is 22.6 Å². The first-order valence-electron chi connectivity index (χ1n) is 9.41. The molecule has 154 valence electrons. The maximum Gasteiger partial charge on any atom is 0.347 e. The molecule has 29 heavy (non-hydrogen) atoms. The van der Waals surface area contributed by atoms with Crippen molar-refractivity contribution in [1.82, 2.24) is 4.90 Å². The second kappa shape index (κ2) is 10.4. The van der Waals surface area contributed by atoms with Crippen LogP contribution in [0.1, 0.15) is 48.4 Å². The van der Waals surface area contributed by atoms with E-state index in [2.05, 4.69) is 0 Å². The van der Waals surface area contributed by atoms with E-state index in [4.69, 9.17) is 14.2 Å². The molecule has 0 fully saturated rings. The standard InChI is InChI=1S/C22H25NO6/c1-5-23(6-2)15(3)27-21(25)18-12-8-10-14-20(18)29-22(26)17-11-7-9-13-19(17)28-16(4)24/h7-15H,5-6H2,1-4H3.